The zero-order valence-corrected chi connectivity index (χ0v) is 8.04. The van der Waals surface area contributed by atoms with Crippen molar-refractivity contribution in [3.8, 4) is 0 Å². The van der Waals surface area contributed by atoms with E-state index in [1.165, 1.54) is 12.7 Å². The van der Waals surface area contributed by atoms with Gasteiger partial charge in [0.1, 0.15) is 0 Å². The second-order valence-corrected chi connectivity index (χ2v) is 3.22. The molecule has 1 N–H and O–H groups in total. The summed E-state index contributed by atoms with van der Waals surface area (Å²) in [5, 5.41) is 3.21. The van der Waals surface area contributed by atoms with Crippen LogP contribution in [0.4, 0.5) is 0 Å². The lowest BCUT2D eigenvalue weighted by Gasteiger charge is -2.18. The number of esters is 1. The molecular weight excluding hydrogens is 180 g/mol. The normalized spacial score (nSPS) is 14.6. The fraction of sp³-hybridized carbons (Fsp3) is 0.400. The fourth-order valence-corrected chi connectivity index (χ4v) is 1.67. The number of carbonyl (C=O) groups excluding carboxylic acids is 1. The Labute approximate surface area is 82.3 Å². The summed E-state index contributed by atoms with van der Waals surface area (Å²) in [7, 11) is 1.37. The number of rotatable bonds is 1. The smallest absolute Gasteiger partial charge is 0.356 e. The SMILES string of the molecule is COC(=O)c1nccc2c1CNCC2. The highest BCUT2D eigenvalue weighted by Gasteiger charge is 2.18. The van der Waals surface area contributed by atoms with Gasteiger partial charge in [0.2, 0.25) is 0 Å². The maximum atomic E-state index is 11.4. The molecule has 4 nitrogen and oxygen atoms in total. The molecule has 74 valence electrons. The number of fused-ring (bicyclic) bond motifs is 1. The van der Waals surface area contributed by atoms with Gasteiger partial charge in [-0.05, 0) is 24.6 Å². The summed E-state index contributed by atoms with van der Waals surface area (Å²) in [6.07, 6.45) is 2.61. The van der Waals surface area contributed by atoms with Gasteiger partial charge in [0, 0.05) is 18.3 Å². The first kappa shape index (κ1) is 9.15. The Kier molecular flexibility index (Phi) is 2.45. The van der Waals surface area contributed by atoms with Gasteiger partial charge in [-0.1, -0.05) is 0 Å². The first-order valence-corrected chi connectivity index (χ1v) is 4.58. The lowest BCUT2D eigenvalue weighted by atomic mass is 10.0. The molecule has 1 aliphatic rings. The highest BCUT2D eigenvalue weighted by Crippen LogP contribution is 2.16. The summed E-state index contributed by atoms with van der Waals surface area (Å²) in [4.78, 5) is 15.4. The minimum Gasteiger partial charge on any atom is -0.464 e. The van der Waals surface area contributed by atoms with Crippen molar-refractivity contribution >= 4 is 5.97 Å². The third-order valence-electron chi connectivity index (χ3n) is 2.40. The van der Waals surface area contributed by atoms with Crippen LogP contribution < -0.4 is 5.32 Å². The Morgan fingerprint density at radius 2 is 2.50 bits per heavy atom. The Hall–Kier alpha value is -1.42. The topological polar surface area (TPSA) is 51.2 Å². The average Bonchev–Trinajstić information content (AvgIpc) is 2.27. The molecule has 0 radical (unpaired) electrons. The van der Waals surface area contributed by atoms with Crippen molar-refractivity contribution in [2.75, 3.05) is 13.7 Å². The number of methoxy groups -OCH3 is 1. The molecular formula is C10H12N2O2. The molecule has 0 bridgehead atoms. The van der Waals surface area contributed by atoms with E-state index in [0.29, 0.717) is 12.2 Å². The van der Waals surface area contributed by atoms with Crippen molar-refractivity contribution in [1.29, 1.82) is 0 Å². The number of pyridine rings is 1. The van der Waals surface area contributed by atoms with Gasteiger partial charge in [-0.3, -0.25) is 0 Å². The number of hydrogen-bond donors (Lipinski definition) is 1. The van der Waals surface area contributed by atoms with E-state index in [9.17, 15) is 4.79 Å². The number of ether oxygens (including phenoxy) is 1. The minimum atomic E-state index is -0.356. The summed E-state index contributed by atoms with van der Waals surface area (Å²) >= 11 is 0. The van der Waals surface area contributed by atoms with Gasteiger partial charge in [-0.25, -0.2) is 9.78 Å². The molecule has 0 aliphatic carbocycles. The lowest BCUT2D eigenvalue weighted by Crippen LogP contribution is -2.26. The van der Waals surface area contributed by atoms with Crippen molar-refractivity contribution in [2.45, 2.75) is 13.0 Å². The maximum absolute atomic E-state index is 11.4. The standard InChI is InChI=1S/C10H12N2O2/c1-14-10(13)9-8-6-11-4-2-7(8)3-5-12-9/h3,5,11H,2,4,6H2,1H3. The molecule has 1 aromatic heterocycles. The zero-order chi connectivity index (χ0) is 9.97. The van der Waals surface area contributed by atoms with Crippen LogP contribution in [0.25, 0.3) is 0 Å². The van der Waals surface area contributed by atoms with Gasteiger partial charge in [0.05, 0.1) is 7.11 Å². The molecule has 0 atom stereocenters. The lowest BCUT2D eigenvalue weighted by molar-refractivity contribution is 0.0592. The molecule has 0 aromatic carbocycles. The molecule has 2 heterocycles. The zero-order valence-electron chi connectivity index (χ0n) is 8.04. The summed E-state index contributed by atoms with van der Waals surface area (Å²) < 4.78 is 4.67. The maximum Gasteiger partial charge on any atom is 0.356 e. The van der Waals surface area contributed by atoms with Crippen molar-refractivity contribution in [2.24, 2.45) is 0 Å². The molecule has 0 saturated carbocycles. The molecule has 1 aromatic rings. The number of hydrogen-bond acceptors (Lipinski definition) is 4. The van der Waals surface area contributed by atoms with Crippen LogP contribution >= 0.6 is 0 Å². The summed E-state index contributed by atoms with van der Waals surface area (Å²) in [6.45, 7) is 1.66. The molecule has 0 spiro atoms. The van der Waals surface area contributed by atoms with Crippen LogP contribution in [0.1, 0.15) is 21.6 Å². The molecule has 1 aliphatic heterocycles. The number of nitrogens with one attached hydrogen (secondary N) is 1. The first-order chi connectivity index (χ1) is 6.83. The van der Waals surface area contributed by atoms with Crippen molar-refractivity contribution in [3.63, 3.8) is 0 Å². The first-order valence-electron chi connectivity index (χ1n) is 4.58. The Morgan fingerprint density at radius 3 is 3.29 bits per heavy atom. The predicted octanol–water partition coefficient (Wildman–Crippen LogP) is 0.514. The van der Waals surface area contributed by atoms with E-state index >= 15 is 0 Å². The van der Waals surface area contributed by atoms with Crippen LogP contribution in [0.15, 0.2) is 12.3 Å². The van der Waals surface area contributed by atoms with E-state index in [4.69, 9.17) is 0 Å². The Bertz CT molecular complexity index is 363. The molecule has 0 fully saturated rings. The Morgan fingerprint density at radius 1 is 1.64 bits per heavy atom. The van der Waals surface area contributed by atoms with Crippen LogP contribution in [0.5, 0.6) is 0 Å². The van der Waals surface area contributed by atoms with Crippen molar-refractivity contribution < 1.29 is 9.53 Å². The van der Waals surface area contributed by atoms with Gasteiger partial charge in [0.25, 0.3) is 0 Å². The molecule has 0 unspecified atom stereocenters. The molecule has 0 amide bonds. The van der Waals surface area contributed by atoms with Gasteiger partial charge in [0.15, 0.2) is 5.69 Å². The van der Waals surface area contributed by atoms with Crippen LogP contribution in [-0.2, 0) is 17.7 Å². The largest absolute Gasteiger partial charge is 0.464 e. The molecule has 4 heteroatoms. The quantitative estimate of drug-likeness (QED) is 0.659. The van der Waals surface area contributed by atoms with Crippen LogP contribution in [-0.4, -0.2) is 24.6 Å². The Balaban J connectivity index is 2.45. The third kappa shape index (κ3) is 1.48. The van der Waals surface area contributed by atoms with Gasteiger partial charge in [-0.15, -0.1) is 0 Å². The van der Waals surface area contributed by atoms with E-state index in [1.54, 1.807) is 6.20 Å². The minimum absolute atomic E-state index is 0.356. The number of carbonyl (C=O) groups is 1. The van der Waals surface area contributed by atoms with E-state index in [0.717, 1.165) is 18.5 Å². The van der Waals surface area contributed by atoms with Crippen LogP contribution in [0.2, 0.25) is 0 Å². The van der Waals surface area contributed by atoms with Gasteiger partial charge < -0.3 is 10.1 Å². The monoisotopic (exact) mass is 192 g/mol. The molecule has 0 saturated heterocycles. The van der Waals surface area contributed by atoms with Crippen LogP contribution in [0, 0.1) is 0 Å². The third-order valence-corrected chi connectivity index (χ3v) is 2.40. The van der Waals surface area contributed by atoms with Gasteiger partial charge >= 0.3 is 5.97 Å². The fourth-order valence-electron chi connectivity index (χ4n) is 1.67. The summed E-state index contributed by atoms with van der Waals surface area (Å²) in [5.41, 5.74) is 2.61. The van der Waals surface area contributed by atoms with Crippen molar-refractivity contribution in [1.82, 2.24) is 10.3 Å². The molecule has 14 heavy (non-hydrogen) atoms. The van der Waals surface area contributed by atoms with E-state index in [-0.39, 0.29) is 5.97 Å². The summed E-state index contributed by atoms with van der Waals surface area (Å²) in [6, 6.07) is 1.96. The number of aromatic nitrogens is 1. The second-order valence-electron chi connectivity index (χ2n) is 3.22. The van der Waals surface area contributed by atoms with E-state index < -0.39 is 0 Å². The number of nitrogens with zero attached hydrogens (tertiary/aromatic N) is 1. The summed E-state index contributed by atoms with van der Waals surface area (Å²) in [5.74, 6) is -0.356. The molecule has 2 rings (SSSR count). The highest BCUT2D eigenvalue weighted by molar-refractivity contribution is 5.89. The van der Waals surface area contributed by atoms with Gasteiger partial charge in [-0.2, -0.15) is 0 Å². The average molecular weight is 192 g/mol. The van der Waals surface area contributed by atoms with E-state index in [2.05, 4.69) is 15.0 Å². The van der Waals surface area contributed by atoms with E-state index in [1.807, 2.05) is 6.07 Å². The highest BCUT2D eigenvalue weighted by atomic mass is 16.5. The van der Waals surface area contributed by atoms with Crippen molar-refractivity contribution in [3.05, 3.63) is 29.1 Å². The van der Waals surface area contributed by atoms with Crippen LogP contribution in [0.3, 0.4) is 0 Å². The predicted molar refractivity (Wildman–Crippen MR) is 51.0 cm³/mol. The second kappa shape index (κ2) is 3.75.